The molecule has 0 spiro atoms. The monoisotopic (exact) mass is 330 g/mol. The summed E-state index contributed by atoms with van der Waals surface area (Å²) in [6.07, 6.45) is 3.70. The van der Waals surface area contributed by atoms with Crippen LogP contribution in [-0.4, -0.2) is 30.4 Å². The molecule has 24 heavy (non-hydrogen) atoms. The molecule has 0 bridgehead atoms. The lowest BCUT2D eigenvalue weighted by Gasteiger charge is -2.12. The third-order valence-electron chi connectivity index (χ3n) is 3.86. The second-order valence-corrected chi connectivity index (χ2v) is 5.95. The van der Waals surface area contributed by atoms with Crippen molar-refractivity contribution < 1.29 is 23.9 Å². The second-order valence-electron chi connectivity index (χ2n) is 5.95. The summed E-state index contributed by atoms with van der Waals surface area (Å²) in [6, 6.07) is 9.22. The van der Waals surface area contributed by atoms with Crippen LogP contribution in [0.1, 0.15) is 37.7 Å². The van der Waals surface area contributed by atoms with Gasteiger partial charge in [-0.3, -0.25) is 9.59 Å². The van der Waals surface area contributed by atoms with Gasteiger partial charge in [-0.15, -0.1) is 0 Å². The fraction of sp³-hybridized carbons (Fsp3) is 0.421. The van der Waals surface area contributed by atoms with Crippen molar-refractivity contribution in [2.75, 3.05) is 6.61 Å². The topological polar surface area (TPSA) is 69.7 Å². The molecule has 0 N–H and O–H groups in total. The average molecular weight is 330 g/mol. The van der Waals surface area contributed by atoms with Crippen LogP contribution in [0.15, 0.2) is 42.5 Å². The molecule has 5 heteroatoms. The van der Waals surface area contributed by atoms with Crippen LogP contribution < -0.4 is 0 Å². The third kappa shape index (κ3) is 5.99. The van der Waals surface area contributed by atoms with Crippen molar-refractivity contribution >= 4 is 17.7 Å². The fourth-order valence-electron chi connectivity index (χ4n) is 2.57. The van der Waals surface area contributed by atoms with E-state index in [-0.39, 0.29) is 36.9 Å². The molecule has 0 saturated heterocycles. The van der Waals surface area contributed by atoms with Gasteiger partial charge in [0.2, 0.25) is 0 Å². The summed E-state index contributed by atoms with van der Waals surface area (Å²) in [7, 11) is 0. The van der Waals surface area contributed by atoms with Gasteiger partial charge in [0.25, 0.3) is 0 Å². The first-order chi connectivity index (χ1) is 11.5. The van der Waals surface area contributed by atoms with E-state index in [2.05, 4.69) is 6.58 Å². The van der Waals surface area contributed by atoms with Gasteiger partial charge in [0.15, 0.2) is 5.78 Å². The van der Waals surface area contributed by atoms with Crippen LogP contribution in [0.3, 0.4) is 0 Å². The number of rotatable bonds is 8. The van der Waals surface area contributed by atoms with Gasteiger partial charge in [-0.2, -0.15) is 0 Å². The zero-order chi connectivity index (χ0) is 17.4. The molecule has 0 amide bonds. The largest absolute Gasteiger partial charge is 0.459 e. The van der Waals surface area contributed by atoms with E-state index in [1.165, 1.54) is 0 Å². The summed E-state index contributed by atoms with van der Waals surface area (Å²) in [5, 5.41) is 0. The van der Waals surface area contributed by atoms with E-state index >= 15 is 0 Å². The number of hydrogen-bond acceptors (Lipinski definition) is 5. The van der Waals surface area contributed by atoms with Crippen molar-refractivity contribution in [1.29, 1.82) is 0 Å². The van der Waals surface area contributed by atoms with Crippen molar-refractivity contribution in [3.8, 4) is 0 Å². The molecule has 0 heterocycles. The van der Waals surface area contributed by atoms with E-state index in [9.17, 15) is 14.4 Å². The molecule has 5 nitrogen and oxygen atoms in total. The highest BCUT2D eigenvalue weighted by Crippen LogP contribution is 2.22. The number of carbonyl (C=O) groups is 3. The van der Waals surface area contributed by atoms with Gasteiger partial charge in [-0.25, -0.2) is 4.79 Å². The van der Waals surface area contributed by atoms with E-state index in [4.69, 9.17) is 9.47 Å². The smallest absolute Gasteiger partial charge is 0.334 e. The first kappa shape index (κ1) is 17.9. The van der Waals surface area contributed by atoms with Gasteiger partial charge < -0.3 is 9.47 Å². The summed E-state index contributed by atoms with van der Waals surface area (Å²) in [5.41, 5.74) is 0.922. The number of Topliss-reactive ketones (excluding diaryl/α,β-unsaturated/α-hetero) is 1. The Morgan fingerprint density at radius 3 is 2.42 bits per heavy atom. The van der Waals surface area contributed by atoms with Gasteiger partial charge in [-0.1, -0.05) is 36.9 Å². The summed E-state index contributed by atoms with van der Waals surface area (Å²) in [5.74, 6) is -1.41. The van der Waals surface area contributed by atoms with E-state index in [0.717, 1.165) is 31.2 Å². The van der Waals surface area contributed by atoms with Crippen LogP contribution in [0.5, 0.6) is 0 Å². The summed E-state index contributed by atoms with van der Waals surface area (Å²) in [4.78, 5) is 35.3. The van der Waals surface area contributed by atoms with Crippen LogP contribution >= 0.6 is 0 Å². The number of ether oxygens (including phenoxy) is 2. The van der Waals surface area contributed by atoms with Gasteiger partial charge in [0, 0.05) is 12.0 Å². The van der Waals surface area contributed by atoms with Gasteiger partial charge in [-0.05, 0) is 31.2 Å². The minimum absolute atomic E-state index is 0.0578. The Morgan fingerprint density at radius 1 is 1.08 bits per heavy atom. The molecule has 0 radical (unpaired) electrons. The summed E-state index contributed by atoms with van der Waals surface area (Å²) >= 11 is 0. The Bertz CT molecular complexity index is 599. The molecule has 0 aliphatic heterocycles. The highest BCUT2D eigenvalue weighted by Gasteiger charge is 2.22. The molecular formula is C19H22O5. The van der Waals surface area contributed by atoms with Crippen molar-refractivity contribution in [2.24, 2.45) is 0 Å². The number of benzene rings is 1. The zero-order valence-corrected chi connectivity index (χ0v) is 13.7. The maximum atomic E-state index is 11.8. The van der Waals surface area contributed by atoms with Crippen LogP contribution in [0.25, 0.3) is 0 Å². The van der Waals surface area contributed by atoms with Gasteiger partial charge in [0.05, 0.1) is 6.42 Å². The molecule has 0 atom stereocenters. The first-order valence-electron chi connectivity index (χ1n) is 8.14. The average Bonchev–Trinajstić information content (AvgIpc) is 3.07. The minimum Gasteiger partial charge on any atom is -0.459 e. The van der Waals surface area contributed by atoms with E-state index < -0.39 is 11.9 Å². The van der Waals surface area contributed by atoms with Gasteiger partial charge in [0.1, 0.15) is 12.7 Å². The van der Waals surface area contributed by atoms with E-state index in [0.29, 0.717) is 0 Å². The lowest BCUT2D eigenvalue weighted by Crippen LogP contribution is -2.20. The van der Waals surface area contributed by atoms with E-state index in [1.54, 1.807) is 0 Å². The fourth-order valence-corrected chi connectivity index (χ4v) is 2.57. The Labute approximate surface area is 141 Å². The quantitative estimate of drug-likeness (QED) is 0.541. The first-order valence-corrected chi connectivity index (χ1v) is 8.14. The van der Waals surface area contributed by atoms with Crippen molar-refractivity contribution in [3.05, 3.63) is 48.0 Å². The lowest BCUT2D eigenvalue weighted by molar-refractivity contribution is -0.150. The molecule has 1 fully saturated rings. The molecule has 128 valence electrons. The van der Waals surface area contributed by atoms with Crippen LogP contribution in [0, 0.1) is 0 Å². The minimum atomic E-state index is -0.648. The number of ketones is 1. The molecule has 2 rings (SSSR count). The van der Waals surface area contributed by atoms with Crippen molar-refractivity contribution in [1.82, 2.24) is 0 Å². The predicted octanol–water partition coefficient (Wildman–Crippen LogP) is 2.77. The second kappa shape index (κ2) is 9.01. The summed E-state index contributed by atoms with van der Waals surface area (Å²) in [6.45, 7) is 3.26. The number of carbonyl (C=O) groups excluding carboxylic acids is 3. The molecule has 1 aliphatic carbocycles. The molecular weight excluding hydrogens is 308 g/mol. The molecule has 1 saturated carbocycles. The normalized spacial score (nSPS) is 14.2. The lowest BCUT2D eigenvalue weighted by atomic mass is 10.1. The van der Waals surface area contributed by atoms with Gasteiger partial charge >= 0.3 is 11.9 Å². The van der Waals surface area contributed by atoms with Crippen LogP contribution in [-0.2, 0) is 30.3 Å². The molecule has 1 aromatic carbocycles. The third-order valence-corrected chi connectivity index (χ3v) is 3.86. The molecule has 1 aliphatic rings. The predicted molar refractivity (Wildman–Crippen MR) is 88.2 cm³/mol. The Balaban J connectivity index is 1.67. The molecule has 1 aromatic rings. The van der Waals surface area contributed by atoms with Crippen molar-refractivity contribution in [3.63, 3.8) is 0 Å². The molecule has 0 unspecified atom stereocenters. The SMILES string of the molecule is C=C(CC(=O)OCC(=O)Cc1ccccc1)C(=O)OC1CCCC1. The highest BCUT2D eigenvalue weighted by molar-refractivity contribution is 5.94. The van der Waals surface area contributed by atoms with Crippen LogP contribution in [0.2, 0.25) is 0 Å². The molecule has 0 aromatic heterocycles. The maximum Gasteiger partial charge on any atom is 0.334 e. The Kier molecular flexibility index (Phi) is 6.73. The standard InChI is InChI=1S/C19H22O5/c1-14(19(22)24-17-9-5-6-10-17)11-18(21)23-13-16(20)12-15-7-3-2-4-8-15/h2-4,7-8,17H,1,5-6,9-13H2. The highest BCUT2D eigenvalue weighted by atomic mass is 16.5. The number of esters is 2. The maximum absolute atomic E-state index is 11.8. The van der Waals surface area contributed by atoms with Crippen LogP contribution in [0.4, 0.5) is 0 Å². The zero-order valence-electron chi connectivity index (χ0n) is 13.7. The number of hydrogen-bond donors (Lipinski definition) is 0. The Hall–Kier alpha value is -2.43. The Morgan fingerprint density at radius 2 is 1.75 bits per heavy atom. The van der Waals surface area contributed by atoms with Crippen molar-refractivity contribution in [2.45, 2.75) is 44.6 Å². The summed E-state index contributed by atoms with van der Waals surface area (Å²) < 4.78 is 10.2. The van der Waals surface area contributed by atoms with E-state index in [1.807, 2.05) is 30.3 Å².